The van der Waals surface area contributed by atoms with E-state index >= 15 is 0 Å². The van der Waals surface area contributed by atoms with Crippen molar-refractivity contribution in [2.24, 2.45) is 11.8 Å². The Morgan fingerprint density at radius 2 is 1.94 bits per heavy atom. The van der Waals surface area contributed by atoms with E-state index in [-0.39, 0.29) is 5.78 Å². The smallest absolute Gasteiger partial charge is 0.162 e. The number of nitrogens with zero attached hydrogens (tertiary/aromatic N) is 1. The number of carbonyl (C=O) groups excluding carboxylic acids is 1. The highest BCUT2D eigenvalue weighted by Crippen LogP contribution is 2.38. The first kappa shape index (κ1) is 12.2. The standard InChI is InChI=1S/C15H21NO/c1-4-15(17)12-5-7-14(8-6-12)16(3)10-13-9-11(13)2/h5-8,11,13H,4,9-10H2,1-3H3. The third kappa shape index (κ3) is 2.87. The minimum atomic E-state index is 0.218. The summed E-state index contributed by atoms with van der Waals surface area (Å²) in [5.41, 5.74) is 2.03. The van der Waals surface area contributed by atoms with Crippen molar-refractivity contribution >= 4 is 11.5 Å². The van der Waals surface area contributed by atoms with Crippen LogP contribution in [0.3, 0.4) is 0 Å². The molecule has 2 atom stereocenters. The highest BCUT2D eigenvalue weighted by molar-refractivity contribution is 5.96. The van der Waals surface area contributed by atoms with Gasteiger partial charge < -0.3 is 4.90 Å². The maximum atomic E-state index is 11.5. The quantitative estimate of drug-likeness (QED) is 0.724. The molecule has 0 spiro atoms. The van der Waals surface area contributed by atoms with E-state index in [1.54, 1.807) is 0 Å². The molecular formula is C15H21NO. The van der Waals surface area contributed by atoms with Crippen LogP contribution in [-0.2, 0) is 0 Å². The second kappa shape index (κ2) is 4.91. The van der Waals surface area contributed by atoms with E-state index in [0.29, 0.717) is 6.42 Å². The molecule has 0 bridgehead atoms. The fourth-order valence-corrected chi connectivity index (χ4v) is 2.22. The lowest BCUT2D eigenvalue weighted by Gasteiger charge is -2.19. The van der Waals surface area contributed by atoms with Crippen LogP contribution in [-0.4, -0.2) is 19.4 Å². The van der Waals surface area contributed by atoms with E-state index < -0.39 is 0 Å². The van der Waals surface area contributed by atoms with Gasteiger partial charge in [-0.3, -0.25) is 4.79 Å². The Kier molecular flexibility index (Phi) is 3.51. The van der Waals surface area contributed by atoms with E-state index in [2.05, 4.69) is 31.0 Å². The molecule has 1 aromatic rings. The van der Waals surface area contributed by atoms with Crippen LogP contribution in [0.25, 0.3) is 0 Å². The molecule has 92 valence electrons. The molecule has 1 fully saturated rings. The van der Waals surface area contributed by atoms with Crippen molar-refractivity contribution in [1.82, 2.24) is 0 Å². The van der Waals surface area contributed by atoms with Crippen molar-refractivity contribution in [1.29, 1.82) is 0 Å². The normalized spacial score (nSPS) is 22.3. The largest absolute Gasteiger partial charge is 0.374 e. The molecule has 0 saturated heterocycles. The topological polar surface area (TPSA) is 20.3 Å². The van der Waals surface area contributed by atoms with Crippen LogP contribution in [0.15, 0.2) is 24.3 Å². The summed E-state index contributed by atoms with van der Waals surface area (Å²) in [7, 11) is 2.13. The minimum absolute atomic E-state index is 0.218. The average Bonchev–Trinajstić information content (AvgIpc) is 3.04. The molecule has 0 radical (unpaired) electrons. The van der Waals surface area contributed by atoms with Crippen LogP contribution in [0, 0.1) is 11.8 Å². The summed E-state index contributed by atoms with van der Waals surface area (Å²) in [4.78, 5) is 13.8. The molecule has 2 heteroatoms. The lowest BCUT2D eigenvalue weighted by molar-refractivity contribution is 0.0988. The molecule has 1 aromatic carbocycles. The van der Waals surface area contributed by atoms with Gasteiger partial charge in [0, 0.05) is 31.3 Å². The van der Waals surface area contributed by atoms with Gasteiger partial charge in [-0.05, 0) is 42.5 Å². The highest BCUT2D eigenvalue weighted by atomic mass is 16.1. The van der Waals surface area contributed by atoms with Crippen LogP contribution >= 0.6 is 0 Å². The molecule has 2 nitrogen and oxygen atoms in total. The molecule has 17 heavy (non-hydrogen) atoms. The van der Waals surface area contributed by atoms with Crippen LogP contribution < -0.4 is 4.90 Å². The first-order chi connectivity index (χ1) is 8.11. The van der Waals surface area contributed by atoms with Gasteiger partial charge in [0.1, 0.15) is 0 Å². The van der Waals surface area contributed by atoms with Gasteiger partial charge in [-0.2, -0.15) is 0 Å². The third-order valence-corrected chi connectivity index (χ3v) is 3.74. The maximum absolute atomic E-state index is 11.5. The number of Topliss-reactive ketones (excluding diaryl/α,β-unsaturated/α-hetero) is 1. The predicted octanol–water partition coefficient (Wildman–Crippen LogP) is 3.37. The van der Waals surface area contributed by atoms with Gasteiger partial charge in [0.2, 0.25) is 0 Å². The Morgan fingerprint density at radius 1 is 1.35 bits per heavy atom. The van der Waals surface area contributed by atoms with Crippen molar-refractivity contribution in [3.8, 4) is 0 Å². The number of carbonyl (C=O) groups is 1. The number of benzene rings is 1. The van der Waals surface area contributed by atoms with Crippen molar-refractivity contribution < 1.29 is 4.79 Å². The van der Waals surface area contributed by atoms with Crippen LogP contribution in [0.1, 0.15) is 37.0 Å². The Labute approximate surface area is 104 Å². The molecule has 1 aliphatic rings. The number of anilines is 1. The first-order valence-electron chi connectivity index (χ1n) is 6.46. The van der Waals surface area contributed by atoms with Crippen molar-refractivity contribution in [2.75, 3.05) is 18.5 Å². The van der Waals surface area contributed by atoms with Gasteiger partial charge in [-0.25, -0.2) is 0 Å². The Balaban J connectivity index is 1.99. The number of hydrogen-bond acceptors (Lipinski definition) is 2. The molecule has 1 aliphatic carbocycles. The number of hydrogen-bond donors (Lipinski definition) is 0. The highest BCUT2D eigenvalue weighted by Gasteiger charge is 2.33. The lowest BCUT2D eigenvalue weighted by atomic mass is 10.1. The van der Waals surface area contributed by atoms with E-state index in [0.717, 1.165) is 23.9 Å². The molecule has 2 rings (SSSR count). The molecule has 1 saturated carbocycles. The summed E-state index contributed by atoms with van der Waals surface area (Å²) in [6.07, 6.45) is 1.94. The lowest BCUT2D eigenvalue weighted by Crippen LogP contribution is -2.20. The fourth-order valence-electron chi connectivity index (χ4n) is 2.22. The van der Waals surface area contributed by atoms with Crippen LogP contribution in [0.4, 0.5) is 5.69 Å². The molecule has 0 amide bonds. The Bertz CT molecular complexity index is 396. The summed E-state index contributed by atoms with van der Waals surface area (Å²) in [6.45, 7) is 5.33. The SMILES string of the molecule is CCC(=O)c1ccc(N(C)CC2CC2C)cc1. The zero-order chi connectivity index (χ0) is 12.4. The summed E-state index contributed by atoms with van der Waals surface area (Å²) in [5, 5.41) is 0. The van der Waals surface area contributed by atoms with Gasteiger partial charge in [0.05, 0.1) is 0 Å². The van der Waals surface area contributed by atoms with Crippen molar-refractivity contribution in [3.63, 3.8) is 0 Å². The first-order valence-corrected chi connectivity index (χ1v) is 6.46. The van der Waals surface area contributed by atoms with E-state index in [4.69, 9.17) is 0 Å². The molecule has 2 unspecified atom stereocenters. The second-order valence-corrected chi connectivity index (χ2v) is 5.18. The zero-order valence-electron chi connectivity index (χ0n) is 10.9. The number of ketones is 1. The molecule has 0 heterocycles. The average molecular weight is 231 g/mol. The van der Waals surface area contributed by atoms with E-state index in [9.17, 15) is 4.79 Å². The molecular weight excluding hydrogens is 210 g/mol. The van der Waals surface area contributed by atoms with Gasteiger partial charge >= 0.3 is 0 Å². The van der Waals surface area contributed by atoms with E-state index in [1.165, 1.54) is 12.1 Å². The predicted molar refractivity (Wildman–Crippen MR) is 71.6 cm³/mol. The summed E-state index contributed by atoms with van der Waals surface area (Å²) < 4.78 is 0. The third-order valence-electron chi connectivity index (χ3n) is 3.74. The maximum Gasteiger partial charge on any atom is 0.162 e. The molecule has 0 aromatic heterocycles. The summed E-state index contributed by atoms with van der Waals surface area (Å²) in [5.74, 6) is 1.96. The van der Waals surface area contributed by atoms with Gasteiger partial charge in [-0.15, -0.1) is 0 Å². The van der Waals surface area contributed by atoms with Gasteiger partial charge in [-0.1, -0.05) is 13.8 Å². The van der Waals surface area contributed by atoms with Crippen LogP contribution in [0.5, 0.6) is 0 Å². The van der Waals surface area contributed by atoms with Crippen molar-refractivity contribution in [2.45, 2.75) is 26.7 Å². The van der Waals surface area contributed by atoms with Crippen molar-refractivity contribution in [3.05, 3.63) is 29.8 Å². The minimum Gasteiger partial charge on any atom is -0.374 e. The van der Waals surface area contributed by atoms with Gasteiger partial charge in [0.15, 0.2) is 5.78 Å². The second-order valence-electron chi connectivity index (χ2n) is 5.18. The van der Waals surface area contributed by atoms with E-state index in [1.807, 2.05) is 19.1 Å². The Hall–Kier alpha value is -1.31. The Morgan fingerprint density at radius 3 is 2.41 bits per heavy atom. The molecule has 0 N–H and O–H groups in total. The van der Waals surface area contributed by atoms with Crippen LogP contribution in [0.2, 0.25) is 0 Å². The summed E-state index contributed by atoms with van der Waals surface area (Å²) in [6, 6.07) is 7.98. The fraction of sp³-hybridized carbons (Fsp3) is 0.533. The van der Waals surface area contributed by atoms with Gasteiger partial charge in [0.25, 0.3) is 0 Å². The summed E-state index contributed by atoms with van der Waals surface area (Å²) >= 11 is 0. The zero-order valence-corrected chi connectivity index (χ0v) is 10.9. The molecule has 0 aliphatic heterocycles. The monoisotopic (exact) mass is 231 g/mol. The number of rotatable bonds is 5.